The lowest BCUT2D eigenvalue weighted by Crippen LogP contribution is -2.33. The minimum absolute atomic E-state index is 0.254. The zero-order valence-electron chi connectivity index (χ0n) is 15.5. The normalized spacial score (nSPS) is 13.3. The van der Waals surface area contributed by atoms with Gasteiger partial charge in [-0.1, -0.05) is 36.4 Å². The predicted octanol–water partition coefficient (Wildman–Crippen LogP) is 4.56. The van der Waals surface area contributed by atoms with Crippen LogP contribution in [0.15, 0.2) is 66.0 Å². The highest BCUT2D eigenvalue weighted by Gasteiger charge is 2.25. The number of carbonyl (C=O) groups is 2. The molecule has 0 saturated carbocycles. The van der Waals surface area contributed by atoms with E-state index < -0.39 is 5.97 Å². The van der Waals surface area contributed by atoms with Crippen LogP contribution in [-0.4, -0.2) is 25.0 Å². The fourth-order valence-electron chi connectivity index (χ4n) is 3.27. The molecule has 3 aromatic rings. The Balaban J connectivity index is 1.49. The SMILES string of the molecule is O=C(OCC(=O)N1CCc2ccccc21)C(=Cc1ccc(F)cc1)c1cccs1. The van der Waals surface area contributed by atoms with E-state index in [4.69, 9.17) is 4.74 Å². The van der Waals surface area contributed by atoms with E-state index in [9.17, 15) is 14.0 Å². The molecule has 1 aromatic heterocycles. The minimum atomic E-state index is -0.586. The van der Waals surface area contributed by atoms with Crippen LogP contribution < -0.4 is 4.90 Å². The van der Waals surface area contributed by atoms with Gasteiger partial charge in [0.05, 0.1) is 5.57 Å². The molecule has 0 spiro atoms. The molecule has 6 heteroatoms. The number of benzene rings is 2. The lowest BCUT2D eigenvalue weighted by atomic mass is 10.1. The van der Waals surface area contributed by atoms with E-state index >= 15 is 0 Å². The first kappa shape index (κ1) is 19.1. The van der Waals surface area contributed by atoms with Gasteiger partial charge in [0, 0.05) is 17.1 Å². The molecule has 0 radical (unpaired) electrons. The summed E-state index contributed by atoms with van der Waals surface area (Å²) in [6.45, 7) is 0.248. The van der Waals surface area contributed by atoms with Gasteiger partial charge in [-0.2, -0.15) is 0 Å². The number of anilines is 1. The first-order chi connectivity index (χ1) is 14.1. The molecule has 0 aliphatic carbocycles. The Hall–Kier alpha value is -3.25. The number of carbonyl (C=O) groups excluding carboxylic acids is 2. The third-order valence-corrected chi connectivity index (χ3v) is 5.61. The Labute approximate surface area is 171 Å². The number of para-hydroxylation sites is 1. The molecule has 2 heterocycles. The molecular weight excluding hydrogens is 389 g/mol. The van der Waals surface area contributed by atoms with Gasteiger partial charge in [-0.05, 0) is 53.3 Å². The molecule has 0 saturated heterocycles. The van der Waals surface area contributed by atoms with E-state index in [1.54, 1.807) is 29.2 Å². The third kappa shape index (κ3) is 4.27. The van der Waals surface area contributed by atoms with Crippen LogP contribution in [0.3, 0.4) is 0 Å². The average molecular weight is 407 g/mol. The van der Waals surface area contributed by atoms with Crippen molar-refractivity contribution in [3.05, 3.63) is 87.9 Å². The van der Waals surface area contributed by atoms with Crippen molar-refractivity contribution in [3.63, 3.8) is 0 Å². The van der Waals surface area contributed by atoms with Gasteiger partial charge in [0.1, 0.15) is 5.82 Å². The maximum atomic E-state index is 13.2. The first-order valence-electron chi connectivity index (χ1n) is 9.18. The zero-order valence-corrected chi connectivity index (χ0v) is 16.3. The minimum Gasteiger partial charge on any atom is -0.452 e. The summed E-state index contributed by atoms with van der Waals surface area (Å²) < 4.78 is 18.5. The standard InChI is InChI=1S/C23H18FNO3S/c24-18-9-7-16(8-10-18)14-19(21-6-3-13-29-21)23(27)28-15-22(26)25-12-11-17-4-1-2-5-20(17)25/h1-10,13-14H,11-12,15H2. The van der Waals surface area contributed by atoms with Gasteiger partial charge in [-0.3, -0.25) is 4.79 Å². The van der Waals surface area contributed by atoms with Crippen molar-refractivity contribution < 1.29 is 18.7 Å². The molecule has 0 fully saturated rings. The predicted molar refractivity (Wildman–Crippen MR) is 112 cm³/mol. The topological polar surface area (TPSA) is 46.6 Å². The number of thiophene rings is 1. The summed E-state index contributed by atoms with van der Waals surface area (Å²) >= 11 is 1.39. The number of hydrogen-bond acceptors (Lipinski definition) is 4. The van der Waals surface area contributed by atoms with Crippen LogP contribution >= 0.6 is 11.3 Å². The Bertz CT molecular complexity index is 1060. The number of fused-ring (bicyclic) bond motifs is 1. The van der Waals surface area contributed by atoms with Crippen LogP contribution in [-0.2, 0) is 20.7 Å². The number of esters is 1. The van der Waals surface area contributed by atoms with E-state index in [0.717, 1.165) is 22.5 Å². The maximum Gasteiger partial charge on any atom is 0.340 e. The number of nitrogens with zero attached hydrogens (tertiary/aromatic N) is 1. The Morgan fingerprint density at radius 1 is 1.07 bits per heavy atom. The maximum absolute atomic E-state index is 13.2. The average Bonchev–Trinajstić information content (AvgIpc) is 3.41. The van der Waals surface area contributed by atoms with Crippen LogP contribution in [0.1, 0.15) is 16.0 Å². The van der Waals surface area contributed by atoms with E-state index in [-0.39, 0.29) is 18.3 Å². The van der Waals surface area contributed by atoms with Crippen molar-refractivity contribution in [2.24, 2.45) is 0 Å². The van der Waals surface area contributed by atoms with Crippen molar-refractivity contribution >= 4 is 40.5 Å². The summed E-state index contributed by atoms with van der Waals surface area (Å²) in [5.74, 6) is -1.19. The third-order valence-electron chi connectivity index (χ3n) is 4.70. The Kier molecular flexibility index (Phi) is 5.53. The second-order valence-corrected chi connectivity index (χ2v) is 7.53. The molecule has 0 N–H and O–H groups in total. The summed E-state index contributed by atoms with van der Waals surface area (Å²) in [5.41, 5.74) is 2.99. The zero-order chi connectivity index (χ0) is 20.2. The van der Waals surface area contributed by atoms with Crippen molar-refractivity contribution in [2.45, 2.75) is 6.42 Å². The largest absolute Gasteiger partial charge is 0.452 e. The second kappa shape index (κ2) is 8.41. The van der Waals surface area contributed by atoms with E-state index in [1.165, 1.54) is 23.5 Å². The summed E-state index contributed by atoms with van der Waals surface area (Å²) in [7, 11) is 0. The highest BCUT2D eigenvalue weighted by molar-refractivity contribution is 7.11. The van der Waals surface area contributed by atoms with Crippen LogP contribution in [0.5, 0.6) is 0 Å². The van der Waals surface area contributed by atoms with E-state index in [0.29, 0.717) is 17.7 Å². The molecule has 0 atom stereocenters. The molecule has 4 nitrogen and oxygen atoms in total. The molecule has 146 valence electrons. The van der Waals surface area contributed by atoms with Crippen LogP contribution in [0.25, 0.3) is 11.6 Å². The highest BCUT2D eigenvalue weighted by Crippen LogP contribution is 2.28. The van der Waals surface area contributed by atoms with Crippen molar-refractivity contribution in [3.8, 4) is 0 Å². The second-order valence-electron chi connectivity index (χ2n) is 6.59. The van der Waals surface area contributed by atoms with Crippen molar-refractivity contribution in [1.82, 2.24) is 0 Å². The molecule has 1 aliphatic rings. The summed E-state index contributed by atoms with van der Waals surface area (Å²) in [5, 5.41) is 1.85. The summed E-state index contributed by atoms with van der Waals surface area (Å²) in [6, 6.07) is 17.2. The van der Waals surface area contributed by atoms with Gasteiger partial charge in [0.15, 0.2) is 6.61 Å². The fourth-order valence-corrected chi connectivity index (χ4v) is 4.00. The van der Waals surface area contributed by atoms with Gasteiger partial charge < -0.3 is 9.64 Å². The number of amides is 1. The number of hydrogen-bond donors (Lipinski definition) is 0. The molecule has 1 amide bonds. The molecule has 1 aliphatic heterocycles. The van der Waals surface area contributed by atoms with E-state index in [2.05, 4.69) is 0 Å². The summed E-state index contributed by atoms with van der Waals surface area (Å²) in [6.07, 6.45) is 2.43. The lowest BCUT2D eigenvalue weighted by Gasteiger charge is -2.17. The molecular formula is C23H18FNO3S. The Morgan fingerprint density at radius 2 is 1.86 bits per heavy atom. The van der Waals surface area contributed by atoms with Gasteiger partial charge in [0.2, 0.25) is 0 Å². The number of halogens is 1. The van der Waals surface area contributed by atoms with Gasteiger partial charge in [-0.15, -0.1) is 11.3 Å². The quantitative estimate of drug-likeness (QED) is 0.460. The molecule has 2 aromatic carbocycles. The lowest BCUT2D eigenvalue weighted by molar-refractivity contribution is -0.141. The van der Waals surface area contributed by atoms with Crippen LogP contribution in [0, 0.1) is 5.82 Å². The Morgan fingerprint density at radius 3 is 2.62 bits per heavy atom. The van der Waals surface area contributed by atoms with Gasteiger partial charge in [0.25, 0.3) is 5.91 Å². The van der Waals surface area contributed by atoms with Gasteiger partial charge in [-0.25, -0.2) is 9.18 Å². The van der Waals surface area contributed by atoms with Crippen molar-refractivity contribution in [2.75, 3.05) is 18.1 Å². The number of ether oxygens (including phenoxy) is 1. The first-order valence-corrected chi connectivity index (χ1v) is 10.1. The smallest absolute Gasteiger partial charge is 0.340 e. The molecule has 29 heavy (non-hydrogen) atoms. The monoisotopic (exact) mass is 407 g/mol. The van der Waals surface area contributed by atoms with Crippen LogP contribution in [0.4, 0.5) is 10.1 Å². The van der Waals surface area contributed by atoms with Gasteiger partial charge >= 0.3 is 5.97 Å². The van der Waals surface area contributed by atoms with Crippen LogP contribution in [0.2, 0.25) is 0 Å². The molecule has 0 bridgehead atoms. The number of rotatable bonds is 5. The van der Waals surface area contributed by atoms with Crippen molar-refractivity contribution in [1.29, 1.82) is 0 Å². The fraction of sp³-hybridized carbons (Fsp3) is 0.130. The summed E-state index contributed by atoms with van der Waals surface area (Å²) in [4.78, 5) is 27.7. The highest BCUT2D eigenvalue weighted by atomic mass is 32.1. The molecule has 0 unspecified atom stereocenters. The van der Waals surface area contributed by atoms with E-state index in [1.807, 2.05) is 35.7 Å². The molecule has 4 rings (SSSR count).